The van der Waals surface area contributed by atoms with Crippen molar-refractivity contribution < 1.29 is 58.8 Å². The number of carbonyl (C=O) groups excluding carboxylic acids is 4. The SMILES string of the molecule is CCCCCC(N)=O.CCCCCC(N)=O.CCCCCCCC/C=C\CCCCCCCC(N)=O.CCCCCCCC/C=C\CCCCCCCC(N)=O.O=C(O)c1cc(C(=O)O)c(C(=O)O)cc1C(=O)O. The second-order valence-electron chi connectivity index (χ2n) is 18.6. The third-order valence-electron chi connectivity index (χ3n) is 11.5. The molecule has 4 amide bonds. The van der Waals surface area contributed by atoms with Crippen LogP contribution in [0.25, 0.3) is 0 Å². The van der Waals surface area contributed by atoms with Gasteiger partial charge in [-0.1, -0.05) is 180 Å². The Morgan fingerprint density at radius 1 is 0.297 bits per heavy atom. The van der Waals surface area contributed by atoms with Crippen LogP contribution in [-0.4, -0.2) is 67.9 Å². The number of benzene rings is 1. The highest BCUT2D eigenvalue weighted by Gasteiger charge is 2.25. The molecule has 0 aliphatic heterocycles. The average Bonchev–Trinajstić information content (AvgIpc) is 3.34. The Hall–Kier alpha value is -5.54. The van der Waals surface area contributed by atoms with Crippen molar-refractivity contribution in [2.24, 2.45) is 22.9 Å². The molecule has 16 heteroatoms. The fourth-order valence-corrected chi connectivity index (χ4v) is 7.15. The Bertz CT molecular complexity index is 1530. The van der Waals surface area contributed by atoms with Gasteiger partial charge in [-0.05, 0) is 89.2 Å². The molecule has 1 aromatic carbocycles. The highest BCUT2D eigenvalue weighted by molar-refractivity contribution is 6.09. The molecule has 0 aliphatic rings. The van der Waals surface area contributed by atoms with Crippen LogP contribution in [0.4, 0.5) is 0 Å². The highest BCUT2D eigenvalue weighted by Crippen LogP contribution is 2.19. The summed E-state index contributed by atoms with van der Waals surface area (Å²) in [6, 6.07) is 1.02. The van der Waals surface area contributed by atoms with Crippen molar-refractivity contribution in [3.05, 3.63) is 58.7 Å². The van der Waals surface area contributed by atoms with Crippen molar-refractivity contribution in [1.82, 2.24) is 0 Å². The van der Waals surface area contributed by atoms with Crippen molar-refractivity contribution in [3.8, 4) is 0 Å². The number of allylic oxidation sites excluding steroid dienone is 4. The molecule has 1 aromatic rings. The van der Waals surface area contributed by atoms with E-state index in [0.29, 0.717) is 37.8 Å². The molecule has 0 heterocycles. The van der Waals surface area contributed by atoms with Gasteiger partial charge in [0.1, 0.15) is 0 Å². The minimum Gasteiger partial charge on any atom is -0.478 e. The average molecular weight is 1050 g/mol. The number of amides is 4. The first-order chi connectivity index (χ1) is 35.3. The van der Waals surface area contributed by atoms with Crippen LogP contribution in [0.2, 0.25) is 0 Å². The third kappa shape index (κ3) is 57.4. The molecule has 0 saturated heterocycles. The summed E-state index contributed by atoms with van der Waals surface area (Å²) < 4.78 is 0. The summed E-state index contributed by atoms with van der Waals surface area (Å²) in [5.74, 6) is -7.33. The summed E-state index contributed by atoms with van der Waals surface area (Å²) in [6.45, 7) is 8.73. The number of unbranched alkanes of at least 4 members (excludes halogenated alkanes) is 26. The Morgan fingerprint density at radius 3 is 0.649 bits per heavy atom. The summed E-state index contributed by atoms with van der Waals surface area (Å²) in [4.78, 5) is 84.4. The van der Waals surface area contributed by atoms with Gasteiger partial charge >= 0.3 is 23.9 Å². The number of hydrogen-bond donors (Lipinski definition) is 8. The summed E-state index contributed by atoms with van der Waals surface area (Å²) in [6.07, 6.45) is 51.4. The first-order valence-corrected chi connectivity index (χ1v) is 27.9. The Balaban J connectivity index is -0.000000433. The summed E-state index contributed by atoms with van der Waals surface area (Å²) in [5.41, 5.74) is 16.8. The van der Waals surface area contributed by atoms with Gasteiger partial charge in [0.15, 0.2) is 0 Å². The van der Waals surface area contributed by atoms with E-state index in [1.807, 2.05) is 0 Å². The standard InChI is InChI=1S/2C18H35NO.C10H6O8.2C6H13NO/c2*1-2-3-4-5-6-7-8-9-10-11-12-13-14-15-16-17-18(19)20;11-7(12)3-1-4(8(13)14)6(10(17)18)2-5(3)9(15)16;2*1-2-3-4-5-6(7)8/h2*9-10H,2-8,11-17H2,1H3,(H2,19,20);1-2H,(H,11,12)(H,13,14)(H,15,16)(H,17,18);2*2-5H2,1H3,(H2,7,8)/b2*10-9-;;;. The smallest absolute Gasteiger partial charge is 0.336 e. The van der Waals surface area contributed by atoms with E-state index in [2.05, 4.69) is 52.0 Å². The second-order valence-corrected chi connectivity index (χ2v) is 18.6. The molecule has 1 rings (SSSR count). The monoisotopic (exact) mass is 1050 g/mol. The molecule has 16 nitrogen and oxygen atoms in total. The molecule has 0 radical (unpaired) electrons. The number of nitrogens with two attached hydrogens (primary N) is 4. The molecule has 0 atom stereocenters. The number of hydrogen-bond acceptors (Lipinski definition) is 8. The van der Waals surface area contributed by atoms with E-state index in [1.165, 1.54) is 141 Å². The fourth-order valence-electron chi connectivity index (χ4n) is 7.15. The molecule has 74 heavy (non-hydrogen) atoms. The van der Waals surface area contributed by atoms with E-state index in [0.717, 1.165) is 64.2 Å². The van der Waals surface area contributed by atoms with E-state index in [9.17, 15) is 38.4 Å². The predicted octanol–water partition coefficient (Wildman–Crippen LogP) is 13.6. The molecule has 12 N–H and O–H groups in total. The van der Waals surface area contributed by atoms with Crippen molar-refractivity contribution in [2.45, 2.75) is 259 Å². The lowest BCUT2D eigenvalue weighted by Gasteiger charge is -2.06. The van der Waals surface area contributed by atoms with Crippen LogP contribution < -0.4 is 22.9 Å². The van der Waals surface area contributed by atoms with Gasteiger partial charge in [0.2, 0.25) is 23.6 Å². The number of carbonyl (C=O) groups is 8. The topological polar surface area (TPSA) is 322 Å². The molecular formula is C58H102N4O12. The van der Waals surface area contributed by atoms with Gasteiger partial charge in [-0.3, -0.25) is 19.2 Å². The van der Waals surface area contributed by atoms with Crippen molar-refractivity contribution in [1.29, 1.82) is 0 Å². The van der Waals surface area contributed by atoms with Crippen LogP contribution in [0.5, 0.6) is 0 Å². The van der Waals surface area contributed by atoms with Crippen LogP contribution in [0.15, 0.2) is 36.4 Å². The first kappa shape index (κ1) is 75.0. The predicted molar refractivity (Wildman–Crippen MR) is 298 cm³/mol. The van der Waals surface area contributed by atoms with Gasteiger partial charge in [0, 0.05) is 25.7 Å². The summed E-state index contributed by atoms with van der Waals surface area (Å²) in [7, 11) is 0. The highest BCUT2D eigenvalue weighted by atomic mass is 16.4. The van der Waals surface area contributed by atoms with Gasteiger partial charge in [-0.2, -0.15) is 0 Å². The van der Waals surface area contributed by atoms with Gasteiger partial charge in [0.05, 0.1) is 22.3 Å². The summed E-state index contributed by atoms with van der Waals surface area (Å²) >= 11 is 0. The van der Waals surface area contributed by atoms with E-state index in [4.69, 9.17) is 43.4 Å². The van der Waals surface area contributed by atoms with E-state index in [-0.39, 0.29) is 23.6 Å². The lowest BCUT2D eigenvalue weighted by Crippen LogP contribution is -2.15. The van der Waals surface area contributed by atoms with Crippen LogP contribution >= 0.6 is 0 Å². The van der Waals surface area contributed by atoms with Gasteiger partial charge in [-0.25, -0.2) is 19.2 Å². The molecule has 0 bridgehead atoms. The van der Waals surface area contributed by atoms with Gasteiger partial charge in [-0.15, -0.1) is 0 Å². The second kappa shape index (κ2) is 56.8. The normalized spacial score (nSPS) is 10.4. The minimum absolute atomic E-state index is 0.164. The van der Waals surface area contributed by atoms with Gasteiger partial charge < -0.3 is 43.4 Å². The van der Waals surface area contributed by atoms with Crippen LogP contribution in [0.3, 0.4) is 0 Å². The number of aromatic carboxylic acids is 4. The lowest BCUT2D eigenvalue weighted by molar-refractivity contribution is -0.119. The number of rotatable bonds is 42. The number of primary amides is 4. The zero-order valence-electron chi connectivity index (χ0n) is 46.3. The molecular weight excluding hydrogens is 945 g/mol. The first-order valence-electron chi connectivity index (χ1n) is 27.9. The number of carboxylic acid groups (broad SMARTS) is 4. The molecule has 0 unspecified atom stereocenters. The fraction of sp³-hybridized carbons (Fsp3) is 0.690. The zero-order valence-corrected chi connectivity index (χ0v) is 46.3. The Kier molecular flexibility index (Phi) is 57.5. The van der Waals surface area contributed by atoms with E-state index < -0.39 is 46.1 Å². The van der Waals surface area contributed by atoms with E-state index >= 15 is 0 Å². The Morgan fingerprint density at radius 2 is 0.459 bits per heavy atom. The molecule has 0 saturated carbocycles. The van der Waals surface area contributed by atoms with Crippen LogP contribution in [-0.2, 0) is 19.2 Å². The van der Waals surface area contributed by atoms with Gasteiger partial charge in [0.25, 0.3) is 0 Å². The van der Waals surface area contributed by atoms with Crippen LogP contribution in [0, 0.1) is 0 Å². The lowest BCUT2D eigenvalue weighted by atomic mass is 9.98. The quantitative estimate of drug-likeness (QED) is 0.0224. The maximum atomic E-state index is 10.8. The van der Waals surface area contributed by atoms with E-state index in [1.54, 1.807) is 0 Å². The maximum Gasteiger partial charge on any atom is 0.336 e. The molecule has 0 aliphatic carbocycles. The van der Waals surface area contributed by atoms with Crippen LogP contribution in [0.1, 0.15) is 300 Å². The number of carboxylic acids is 4. The van der Waals surface area contributed by atoms with Crippen molar-refractivity contribution in [2.75, 3.05) is 0 Å². The van der Waals surface area contributed by atoms with Crippen molar-refractivity contribution >= 4 is 47.5 Å². The molecule has 426 valence electrons. The van der Waals surface area contributed by atoms with Crippen molar-refractivity contribution in [3.63, 3.8) is 0 Å². The third-order valence-corrected chi connectivity index (χ3v) is 11.5. The molecule has 0 fully saturated rings. The summed E-state index contributed by atoms with van der Waals surface area (Å²) in [5, 5.41) is 35.0. The Labute approximate surface area is 445 Å². The molecule has 0 spiro atoms. The minimum atomic E-state index is -1.66. The zero-order chi connectivity index (χ0) is 56.6. The maximum absolute atomic E-state index is 10.8. The molecule has 0 aromatic heterocycles. The largest absolute Gasteiger partial charge is 0.478 e.